The molecule has 0 fully saturated rings. The average molecular weight is 380 g/mol. The van der Waals surface area contributed by atoms with Crippen molar-refractivity contribution in [3.8, 4) is 0 Å². The van der Waals surface area contributed by atoms with E-state index < -0.39 is 0 Å². The van der Waals surface area contributed by atoms with Gasteiger partial charge in [-0.25, -0.2) is 0 Å². The maximum Gasteiger partial charge on any atom is 0.251 e. The zero-order valence-corrected chi connectivity index (χ0v) is 15.8. The lowest BCUT2D eigenvalue weighted by Crippen LogP contribution is -2.37. The fourth-order valence-corrected chi connectivity index (χ4v) is 3.26. The first-order chi connectivity index (χ1) is 14.2. The maximum atomic E-state index is 13.0. The summed E-state index contributed by atoms with van der Waals surface area (Å²) in [6, 6.07) is 32.2. The highest BCUT2D eigenvalue weighted by atomic mass is 16.2. The zero-order chi connectivity index (χ0) is 20.1. The number of carbonyl (C=O) groups excluding carboxylic acids is 2. The van der Waals surface area contributed by atoms with E-state index in [0.29, 0.717) is 5.56 Å². The summed E-state index contributed by atoms with van der Waals surface area (Å²) in [4.78, 5) is 27.2. The van der Waals surface area contributed by atoms with Crippen LogP contribution in [0.5, 0.6) is 0 Å². The van der Waals surface area contributed by atoms with Crippen LogP contribution in [0, 0.1) is 0 Å². The number of anilines is 2. The summed E-state index contributed by atoms with van der Waals surface area (Å²) in [7, 11) is 0. The number of hydrogen-bond acceptors (Lipinski definition) is 2. The summed E-state index contributed by atoms with van der Waals surface area (Å²) in [5.41, 5.74) is 2.04. The molecule has 0 aliphatic carbocycles. The Morgan fingerprint density at radius 2 is 1.21 bits per heavy atom. The van der Waals surface area contributed by atoms with E-state index >= 15 is 0 Å². The summed E-state index contributed by atoms with van der Waals surface area (Å²) in [6.45, 7) is -0.102. The Morgan fingerprint density at radius 1 is 0.655 bits per heavy atom. The van der Waals surface area contributed by atoms with E-state index in [9.17, 15) is 9.59 Å². The molecule has 4 aromatic rings. The maximum absolute atomic E-state index is 13.0. The Balaban J connectivity index is 1.52. The van der Waals surface area contributed by atoms with Gasteiger partial charge in [-0.1, -0.05) is 66.7 Å². The SMILES string of the molecule is O=C(NCC(=O)N(c1ccccc1)c1ccccc1)c1ccc2ccccc2c1. The first-order valence-electron chi connectivity index (χ1n) is 9.42. The van der Waals surface area contributed by atoms with Crippen molar-refractivity contribution in [3.63, 3.8) is 0 Å². The predicted molar refractivity (Wildman–Crippen MR) is 116 cm³/mol. The summed E-state index contributed by atoms with van der Waals surface area (Å²) < 4.78 is 0. The Kier molecular flexibility index (Phi) is 5.34. The monoisotopic (exact) mass is 380 g/mol. The molecule has 0 spiro atoms. The van der Waals surface area contributed by atoms with Gasteiger partial charge in [-0.3, -0.25) is 14.5 Å². The molecule has 4 rings (SSSR count). The molecule has 0 radical (unpaired) electrons. The van der Waals surface area contributed by atoms with Crippen molar-refractivity contribution >= 4 is 34.0 Å². The van der Waals surface area contributed by atoms with Crippen LogP contribution >= 0.6 is 0 Å². The van der Waals surface area contributed by atoms with Crippen molar-refractivity contribution in [3.05, 3.63) is 109 Å². The largest absolute Gasteiger partial charge is 0.343 e. The molecule has 4 aromatic carbocycles. The number of benzene rings is 4. The molecule has 4 nitrogen and oxygen atoms in total. The van der Waals surface area contributed by atoms with E-state index in [1.807, 2.05) is 97.1 Å². The number of rotatable bonds is 5. The number of para-hydroxylation sites is 2. The van der Waals surface area contributed by atoms with Crippen molar-refractivity contribution in [1.29, 1.82) is 0 Å². The minimum absolute atomic E-state index is 0.102. The highest BCUT2D eigenvalue weighted by molar-refractivity contribution is 6.05. The Morgan fingerprint density at radius 3 is 1.83 bits per heavy atom. The van der Waals surface area contributed by atoms with E-state index in [1.54, 1.807) is 11.0 Å². The lowest BCUT2D eigenvalue weighted by molar-refractivity contribution is -0.117. The fraction of sp³-hybridized carbons (Fsp3) is 0.0400. The Bertz CT molecular complexity index is 1100. The molecule has 0 saturated heterocycles. The molecule has 0 heterocycles. The third-order valence-corrected chi connectivity index (χ3v) is 4.69. The van der Waals surface area contributed by atoms with Crippen molar-refractivity contribution in [1.82, 2.24) is 5.32 Å². The fourth-order valence-electron chi connectivity index (χ4n) is 3.26. The second kappa shape index (κ2) is 8.40. The highest BCUT2D eigenvalue weighted by Gasteiger charge is 2.18. The first kappa shape index (κ1) is 18.4. The van der Waals surface area contributed by atoms with Gasteiger partial charge in [-0.2, -0.15) is 0 Å². The standard InChI is InChI=1S/C25H20N2O2/c28-24(27(22-11-3-1-4-12-22)23-13-5-2-6-14-23)18-26-25(29)21-16-15-19-9-7-8-10-20(19)17-21/h1-17H,18H2,(H,26,29). The van der Waals surface area contributed by atoms with Crippen LogP contribution in [0.3, 0.4) is 0 Å². The van der Waals surface area contributed by atoms with E-state index in [4.69, 9.17) is 0 Å². The minimum atomic E-state index is -0.273. The molecule has 2 amide bonds. The smallest absolute Gasteiger partial charge is 0.251 e. The number of fused-ring (bicyclic) bond motifs is 1. The van der Waals surface area contributed by atoms with Crippen molar-refractivity contribution in [2.75, 3.05) is 11.4 Å². The summed E-state index contributed by atoms with van der Waals surface area (Å²) in [5.74, 6) is -0.485. The molecule has 0 unspecified atom stereocenters. The number of nitrogens with zero attached hydrogens (tertiary/aromatic N) is 1. The molecule has 0 aliphatic heterocycles. The van der Waals surface area contributed by atoms with Crippen molar-refractivity contribution in [2.24, 2.45) is 0 Å². The molecular weight excluding hydrogens is 360 g/mol. The van der Waals surface area contributed by atoms with Crippen molar-refractivity contribution < 1.29 is 9.59 Å². The normalized spacial score (nSPS) is 10.5. The third-order valence-electron chi connectivity index (χ3n) is 4.69. The third kappa shape index (κ3) is 4.17. The molecule has 0 aromatic heterocycles. The van der Waals surface area contributed by atoms with Gasteiger partial charge in [0.25, 0.3) is 11.8 Å². The molecule has 0 saturated carbocycles. The molecule has 1 N–H and O–H groups in total. The molecule has 0 atom stereocenters. The van der Waals surface area contributed by atoms with E-state index in [1.165, 1.54) is 0 Å². The summed E-state index contributed by atoms with van der Waals surface area (Å²) in [6.07, 6.45) is 0. The minimum Gasteiger partial charge on any atom is -0.343 e. The molecule has 4 heteroatoms. The quantitative estimate of drug-likeness (QED) is 0.533. The van der Waals surface area contributed by atoms with Gasteiger partial charge < -0.3 is 5.32 Å². The number of hydrogen-bond donors (Lipinski definition) is 1. The lowest BCUT2D eigenvalue weighted by Gasteiger charge is -2.23. The van der Waals surface area contributed by atoms with Gasteiger partial charge in [0.15, 0.2) is 0 Å². The van der Waals surface area contributed by atoms with E-state index in [-0.39, 0.29) is 18.4 Å². The van der Waals surface area contributed by atoms with Gasteiger partial charge in [0.2, 0.25) is 0 Å². The van der Waals surface area contributed by atoms with Crippen LogP contribution in [0.1, 0.15) is 10.4 Å². The topological polar surface area (TPSA) is 49.4 Å². The number of carbonyl (C=O) groups is 2. The number of nitrogens with one attached hydrogen (secondary N) is 1. The molecule has 142 valence electrons. The first-order valence-corrected chi connectivity index (χ1v) is 9.42. The van der Waals surface area contributed by atoms with Crippen LogP contribution in [0.4, 0.5) is 11.4 Å². The molecular formula is C25H20N2O2. The van der Waals surface area contributed by atoms with E-state index in [0.717, 1.165) is 22.1 Å². The molecule has 29 heavy (non-hydrogen) atoms. The highest BCUT2D eigenvalue weighted by Crippen LogP contribution is 2.25. The van der Waals surface area contributed by atoms with Gasteiger partial charge in [-0.15, -0.1) is 0 Å². The van der Waals surface area contributed by atoms with Crippen LogP contribution in [0.15, 0.2) is 103 Å². The van der Waals surface area contributed by atoms with E-state index in [2.05, 4.69) is 5.32 Å². The van der Waals surface area contributed by atoms with Gasteiger partial charge in [-0.05, 0) is 47.2 Å². The second-order valence-electron chi connectivity index (χ2n) is 6.64. The van der Waals surface area contributed by atoms with Gasteiger partial charge in [0, 0.05) is 16.9 Å². The van der Waals surface area contributed by atoms with Gasteiger partial charge in [0.1, 0.15) is 0 Å². The lowest BCUT2D eigenvalue weighted by atomic mass is 10.1. The van der Waals surface area contributed by atoms with Crippen LogP contribution < -0.4 is 10.2 Å². The van der Waals surface area contributed by atoms with Crippen LogP contribution in [-0.4, -0.2) is 18.4 Å². The summed E-state index contributed by atoms with van der Waals surface area (Å²) in [5, 5.41) is 4.81. The average Bonchev–Trinajstić information content (AvgIpc) is 2.79. The zero-order valence-electron chi connectivity index (χ0n) is 15.8. The molecule has 0 bridgehead atoms. The van der Waals surface area contributed by atoms with Gasteiger partial charge >= 0.3 is 0 Å². The number of amides is 2. The molecule has 0 aliphatic rings. The summed E-state index contributed by atoms with van der Waals surface area (Å²) >= 11 is 0. The van der Waals surface area contributed by atoms with Crippen LogP contribution in [0.2, 0.25) is 0 Å². The second-order valence-corrected chi connectivity index (χ2v) is 6.64. The van der Waals surface area contributed by atoms with Gasteiger partial charge in [0.05, 0.1) is 6.54 Å². The Hall–Kier alpha value is -3.92. The van der Waals surface area contributed by atoms with Crippen LogP contribution in [0.25, 0.3) is 10.8 Å². The predicted octanol–water partition coefficient (Wildman–Crippen LogP) is 4.93. The van der Waals surface area contributed by atoms with Crippen LogP contribution in [-0.2, 0) is 4.79 Å². The Labute approximate surface area is 169 Å². The van der Waals surface area contributed by atoms with Crippen molar-refractivity contribution in [2.45, 2.75) is 0 Å².